The van der Waals surface area contributed by atoms with Crippen molar-refractivity contribution in [1.82, 2.24) is 9.88 Å². The third-order valence-electron chi connectivity index (χ3n) is 4.12. The number of hydrogen-bond acceptors (Lipinski definition) is 4. The zero-order valence-corrected chi connectivity index (χ0v) is 13.7. The maximum Gasteiger partial charge on any atom is 0.307 e. The Morgan fingerprint density at radius 3 is 2.65 bits per heavy atom. The Hall–Kier alpha value is -2.17. The molecule has 2 rings (SSSR count). The number of allylic oxidation sites excluding steroid dienone is 1. The molecule has 1 aliphatic carbocycles. The molecule has 5 nitrogen and oxygen atoms in total. The molecule has 0 aliphatic heterocycles. The number of carbonyl (C=O) groups excluding carboxylic acids is 2. The molecule has 0 fully saturated rings. The fraction of sp³-hybridized carbons (Fsp3) is 0.500. The number of ether oxygens (including phenoxy) is 1. The molecule has 0 saturated heterocycles. The van der Waals surface area contributed by atoms with Crippen LogP contribution in [0.2, 0.25) is 0 Å². The van der Waals surface area contributed by atoms with E-state index in [1.54, 1.807) is 29.4 Å². The summed E-state index contributed by atoms with van der Waals surface area (Å²) in [5.41, 5.74) is 2.02. The predicted octanol–water partition coefficient (Wildman–Crippen LogP) is 2.98. The van der Waals surface area contributed by atoms with Crippen molar-refractivity contribution in [2.75, 3.05) is 20.2 Å². The van der Waals surface area contributed by atoms with Crippen LogP contribution in [0, 0.1) is 0 Å². The molecule has 0 saturated carbocycles. The van der Waals surface area contributed by atoms with Crippen LogP contribution in [0.15, 0.2) is 36.2 Å². The van der Waals surface area contributed by atoms with Gasteiger partial charge in [0.25, 0.3) is 5.91 Å². The average molecular weight is 316 g/mol. The normalized spacial score (nSPS) is 14.0. The van der Waals surface area contributed by atoms with Gasteiger partial charge in [-0.2, -0.15) is 0 Å². The fourth-order valence-electron chi connectivity index (χ4n) is 2.73. The lowest BCUT2D eigenvalue weighted by atomic mass is 9.97. The van der Waals surface area contributed by atoms with E-state index in [0.717, 1.165) is 19.3 Å². The first-order valence-electron chi connectivity index (χ1n) is 8.14. The van der Waals surface area contributed by atoms with Crippen molar-refractivity contribution in [3.8, 4) is 0 Å². The first kappa shape index (κ1) is 17.2. The lowest BCUT2D eigenvalue weighted by molar-refractivity contribution is -0.140. The van der Waals surface area contributed by atoms with Crippen LogP contribution >= 0.6 is 0 Å². The van der Waals surface area contributed by atoms with Crippen LogP contribution in [-0.4, -0.2) is 42.0 Å². The summed E-state index contributed by atoms with van der Waals surface area (Å²) in [5.74, 6) is -0.359. The van der Waals surface area contributed by atoms with E-state index in [1.165, 1.54) is 25.5 Å². The van der Waals surface area contributed by atoms with Crippen molar-refractivity contribution in [3.05, 3.63) is 41.7 Å². The molecule has 23 heavy (non-hydrogen) atoms. The highest BCUT2D eigenvalue weighted by atomic mass is 16.5. The summed E-state index contributed by atoms with van der Waals surface area (Å²) in [6, 6.07) is 3.40. The Labute approximate surface area is 137 Å². The smallest absolute Gasteiger partial charge is 0.307 e. The van der Waals surface area contributed by atoms with Gasteiger partial charge < -0.3 is 9.64 Å². The summed E-state index contributed by atoms with van der Waals surface area (Å²) in [6.07, 6.45) is 11.3. The number of amides is 1. The molecule has 5 heteroatoms. The van der Waals surface area contributed by atoms with Gasteiger partial charge in [0.15, 0.2) is 0 Å². The minimum Gasteiger partial charge on any atom is -0.469 e. The van der Waals surface area contributed by atoms with E-state index < -0.39 is 0 Å². The molecule has 1 amide bonds. The van der Waals surface area contributed by atoms with Crippen molar-refractivity contribution in [1.29, 1.82) is 0 Å². The molecule has 0 radical (unpaired) electrons. The molecule has 1 aromatic heterocycles. The summed E-state index contributed by atoms with van der Waals surface area (Å²) in [7, 11) is 1.37. The van der Waals surface area contributed by atoms with Gasteiger partial charge in [-0.1, -0.05) is 11.6 Å². The van der Waals surface area contributed by atoms with Gasteiger partial charge in [0.05, 0.1) is 13.5 Å². The molecule has 0 bridgehead atoms. The van der Waals surface area contributed by atoms with E-state index in [9.17, 15) is 9.59 Å². The van der Waals surface area contributed by atoms with Crippen LogP contribution < -0.4 is 0 Å². The minimum absolute atomic E-state index is 0.0623. The first-order chi connectivity index (χ1) is 11.2. The Morgan fingerprint density at radius 2 is 2.00 bits per heavy atom. The molecular weight excluding hydrogens is 292 g/mol. The van der Waals surface area contributed by atoms with Gasteiger partial charge in [-0.15, -0.1) is 0 Å². The number of aromatic nitrogens is 1. The Morgan fingerprint density at radius 1 is 1.22 bits per heavy atom. The quantitative estimate of drug-likeness (QED) is 0.573. The van der Waals surface area contributed by atoms with Crippen LogP contribution in [0.25, 0.3) is 0 Å². The molecule has 0 aromatic carbocycles. The monoisotopic (exact) mass is 316 g/mol. The zero-order valence-electron chi connectivity index (χ0n) is 13.7. The van der Waals surface area contributed by atoms with Crippen molar-refractivity contribution < 1.29 is 14.3 Å². The summed E-state index contributed by atoms with van der Waals surface area (Å²) < 4.78 is 4.68. The van der Waals surface area contributed by atoms with Gasteiger partial charge in [-0.05, 0) is 44.2 Å². The minimum atomic E-state index is -0.297. The number of carbonyl (C=O) groups is 2. The Balaban J connectivity index is 1.99. The standard InChI is InChI=1S/C18H24N2O3/c1-23-17(21)10-14-20(13-9-15-5-3-2-4-6-15)18(22)16-7-11-19-12-8-16/h5,7-8,11-12H,2-4,6,9-10,13-14H2,1H3. The van der Waals surface area contributed by atoms with Gasteiger partial charge in [-0.3, -0.25) is 14.6 Å². The van der Waals surface area contributed by atoms with E-state index in [4.69, 9.17) is 0 Å². The van der Waals surface area contributed by atoms with Crippen LogP contribution in [0.3, 0.4) is 0 Å². The molecule has 0 atom stereocenters. The van der Waals surface area contributed by atoms with Crippen LogP contribution in [0.4, 0.5) is 0 Å². The number of methoxy groups -OCH3 is 1. The molecular formula is C18H24N2O3. The summed E-state index contributed by atoms with van der Waals surface area (Å²) in [4.78, 5) is 29.7. The summed E-state index contributed by atoms with van der Waals surface area (Å²) >= 11 is 0. The molecule has 1 aliphatic rings. The highest BCUT2D eigenvalue weighted by Crippen LogP contribution is 2.20. The largest absolute Gasteiger partial charge is 0.469 e. The van der Waals surface area contributed by atoms with Gasteiger partial charge in [0.2, 0.25) is 0 Å². The lowest BCUT2D eigenvalue weighted by Gasteiger charge is -2.24. The van der Waals surface area contributed by atoms with Crippen LogP contribution in [0.1, 0.15) is 48.9 Å². The van der Waals surface area contributed by atoms with E-state index in [1.807, 2.05) is 0 Å². The van der Waals surface area contributed by atoms with Gasteiger partial charge >= 0.3 is 5.97 Å². The lowest BCUT2D eigenvalue weighted by Crippen LogP contribution is -2.34. The van der Waals surface area contributed by atoms with E-state index >= 15 is 0 Å². The molecule has 0 spiro atoms. The van der Waals surface area contributed by atoms with E-state index in [2.05, 4.69) is 15.8 Å². The number of rotatable bonds is 7. The SMILES string of the molecule is COC(=O)CCN(CCC1=CCCCC1)C(=O)c1ccncc1. The molecule has 1 aromatic rings. The van der Waals surface area contributed by atoms with Gasteiger partial charge in [0.1, 0.15) is 0 Å². The highest BCUT2D eigenvalue weighted by Gasteiger charge is 2.17. The van der Waals surface area contributed by atoms with Crippen molar-refractivity contribution in [3.63, 3.8) is 0 Å². The number of pyridine rings is 1. The predicted molar refractivity (Wildman–Crippen MR) is 87.9 cm³/mol. The highest BCUT2D eigenvalue weighted by molar-refractivity contribution is 5.94. The maximum absolute atomic E-state index is 12.6. The first-order valence-corrected chi connectivity index (χ1v) is 8.14. The third-order valence-corrected chi connectivity index (χ3v) is 4.12. The third kappa shape index (κ3) is 5.51. The second kappa shape index (κ2) is 9.08. The van der Waals surface area contributed by atoms with Crippen molar-refractivity contribution in [2.45, 2.75) is 38.5 Å². The second-order valence-electron chi connectivity index (χ2n) is 5.71. The molecule has 0 N–H and O–H groups in total. The van der Waals surface area contributed by atoms with Crippen molar-refractivity contribution >= 4 is 11.9 Å². The van der Waals surface area contributed by atoms with Crippen LogP contribution in [0.5, 0.6) is 0 Å². The molecule has 1 heterocycles. The van der Waals surface area contributed by atoms with Gasteiger partial charge in [0, 0.05) is 31.0 Å². The molecule has 124 valence electrons. The second-order valence-corrected chi connectivity index (χ2v) is 5.71. The van der Waals surface area contributed by atoms with E-state index in [0.29, 0.717) is 18.7 Å². The van der Waals surface area contributed by atoms with Gasteiger partial charge in [-0.25, -0.2) is 0 Å². The zero-order chi connectivity index (χ0) is 16.5. The average Bonchev–Trinajstić information content (AvgIpc) is 2.62. The Bertz CT molecular complexity index is 555. The van der Waals surface area contributed by atoms with E-state index in [-0.39, 0.29) is 18.3 Å². The summed E-state index contributed by atoms with van der Waals surface area (Å²) in [5, 5.41) is 0. The maximum atomic E-state index is 12.6. The number of nitrogens with zero attached hydrogens (tertiary/aromatic N) is 2. The fourth-order valence-corrected chi connectivity index (χ4v) is 2.73. The molecule has 0 unspecified atom stereocenters. The van der Waals surface area contributed by atoms with Crippen molar-refractivity contribution in [2.24, 2.45) is 0 Å². The van der Waals surface area contributed by atoms with Crippen LogP contribution in [-0.2, 0) is 9.53 Å². The topological polar surface area (TPSA) is 59.5 Å². The summed E-state index contributed by atoms with van der Waals surface area (Å²) in [6.45, 7) is 1.01. The number of hydrogen-bond donors (Lipinski definition) is 0. The number of esters is 1. The Kier molecular flexibility index (Phi) is 6.78.